The van der Waals surface area contributed by atoms with Crippen LogP contribution in [0.1, 0.15) is 60.0 Å². The molecule has 2 aromatic carbocycles. The third kappa shape index (κ3) is 5.83. The molecule has 0 radical (unpaired) electrons. The lowest BCUT2D eigenvalue weighted by Crippen LogP contribution is -2.36. The summed E-state index contributed by atoms with van der Waals surface area (Å²) < 4.78 is 5.34. The lowest BCUT2D eigenvalue weighted by molar-refractivity contribution is -0.116. The Morgan fingerprint density at radius 3 is 2.55 bits per heavy atom. The van der Waals surface area contributed by atoms with Gasteiger partial charge in [-0.15, -0.1) is 0 Å². The number of carbonyl (C=O) groups is 2. The van der Waals surface area contributed by atoms with Crippen LogP contribution in [0.15, 0.2) is 42.5 Å². The molecule has 0 atom stereocenters. The van der Waals surface area contributed by atoms with E-state index in [-0.39, 0.29) is 17.9 Å². The van der Waals surface area contributed by atoms with E-state index < -0.39 is 0 Å². The number of para-hydroxylation sites is 1. The molecule has 0 spiro atoms. The largest absolute Gasteiger partial charge is 0.496 e. The van der Waals surface area contributed by atoms with Crippen LogP contribution in [0.2, 0.25) is 0 Å². The number of benzene rings is 2. The molecule has 0 heterocycles. The van der Waals surface area contributed by atoms with Crippen LogP contribution < -0.4 is 15.4 Å². The fourth-order valence-corrected chi connectivity index (χ4v) is 3.83. The van der Waals surface area contributed by atoms with Crippen LogP contribution in [0.3, 0.4) is 0 Å². The summed E-state index contributed by atoms with van der Waals surface area (Å²) >= 11 is 0. The standard InChI is InChI=1S/C24H30N2O3/c1-17-16-19(24(28)25-20-9-4-3-5-10-20)12-14-21(17)26-23(27)15-13-18-8-6-7-11-22(18)29-2/h6-8,11-12,14,16,20H,3-5,9-10,13,15H2,1-2H3,(H,25,28)(H,26,27). The Hall–Kier alpha value is -2.82. The fourth-order valence-electron chi connectivity index (χ4n) is 3.83. The van der Waals surface area contributed by atoms with E-state index in [1.165, 1.54) is 19.3 Å². The smallest absolute Gasteiger partial charge is 0.251 e. The number of aryl methyl sites for hydroxylation is 2. The zero-order chi connectivity index (χ0) is 20.6. The number of hydrogen-bond acceptors (Lipinski definition) is 3. The highest BCUT2D eigenvalue weighted by atomic mass is 16.5. The Labute approximate surface area is 172 Å². The first-order valence-corrected chi connectivity index (χ1v) is 10.4. The quantitative estimate of drug-likeness (QED) is 0.719. The molecule has 5 nitrogen and oxygen atoms in total. The molecule has 0 aliphatic heterocycles. The van der Waals surface area contributed by atoms with E-state index >= 15 is 0 Å². The van der Waals surface area contributed by atoms with E-state index in [1.54, 1.807) is 13.2 Å². The Bertz CT molecular complexity index is 857. The first kappa shape index (κ1) is 20.9. The zero-order valence-electron chi connectivity index (χ0n) is 17.3. The van der Waals surface area contributed by atoms with Gasteiger partial charge >= 0.3 is 0 Å². The summed E-state index contributed by atoms with van der Waals surface area (Å²) in [6.45, 7) is 1.91. The van der Waals surface area contributed by atoms with E-state index in [0.717, 1.165) is 35.4 Å². The predicted molar refractivity (Wildman–Crippen MR) is 115 cm³/mol. The normalized spacial score (nSPS) is 14.3. The summed E-state index contributed by atoms with van der Waals surface area (Å²) in [4.78, 5) is 24.9. The van der Waals surface area contributed by atoms with E-state index in [0.29, 0.717) is 18.4 Å². The molecule has 1 aliphatic carbocycles. The second-order valence-electron chi connectivity index (χ2n) is 7.70. The van der Waals surface area contributed by atoms with Crippen LogP contribution in [0.5, 0.6) is 5.75 Å². The molecule has 0 aromatic heterocycles. The summed E-state index contributed by atoms with van der Waals surface area (Å²) in [5.41, 5.74) is 3.27. The molecule has 154 valence electrons. The highest BCUT2D eigenvalue weighted by Gasteiger charge is 2.17. The van der Waals surface area contributed by atoms with Crippen molar-refractivity contribution < 1.29 is 14.3 Å². The topological polar surface area (TPSA) is 67.4 Å². The third-order valence-corrected chi connectivity index (χ3v) is 5.52. The van der Waals surface area contributed by atoms with Gasteiger partial charge in [0.25, 0.3) is 5.91 Å². The van der Waals surface area contributed by atoms with Gasteiger partial charge in [-0.3, -0.25) is 9.59 Å². The minimum absolute atomic E-state index is 0.0333. The van der Waals surface area contributed by atoms with E-state index in [4.69, 9.17) is 4.74 Å². The molecule has 3 rings (SSSR count). The highest BCUT2D eigenvalue weighted by molar-refractivity contribution is 5.96. The van der Waals surface area contributed by atoms with Crippen molar-refractivity contribution in [3.8, 4) is 5.75 Å². The third-order valence-electron chi connectivity index (χ3n) is 5.52. The van der Waals surface area contributed by atoms with E-state index in [1.807, 2.05) is 43.3 Å². The Balaban J connectivity index is 1.55. The van der Waals surface area contributed by atoms with Crippen molar-refractivity contribution in [3.63, 3.8) is 0 Å². The van der Waals surface area contributed by atoms with E-state index in [2.05, 4.69) is 10.6 Å². The summed E-state index contributed by atoms with van der Waals surface area (Å²) in [6.07, 6.45) is 6.72. The molecular formula is C24H30N2O3. The lowest BCUT2D eigenvalue weighted by Gasteiger charge is -2.23. The van der Waals surface area contributed by atoms with Crippen LogP contribution in [0, 0.1) is 6.92 Å². The van der Waals surface area contributed by atoms with Crippen molar-refractivity contribution in [3.05, 3.63) is 59.2 Å². The number of hydrogen-bond donors (Lipinski definition) is 2. The predicted octanol–water partition coefficient (Wildman–Crippen LogP) is 4.64. The molecule has 2 aromatic rings. The summed E-state index contributed by atoms with van der Waals surface area (Å²) in [5.74, 6) is 0.706. The zero-order valence-corrected chi connectivity index (χ0v) is 17.3. The maximum absolute atomic E-state index is 12.5. The number of amides is 2. The summed E-state index contributed by atoms with van der Waals surface area (Å²) in [5, 5.41) is 6.09. The molecule has 29 heavy (non-hydrogen) atoms. The fraction of sp³-hybridized carbons (Fsp3) is 0.417. The SMILES string of the molecule is COc1ccccc1CCC(=O)Nc1ccc(C(=O)NC2CCCCC2)cc1C. The number of nitrogens with one attached hydrogen (secondary N) is 2. The molecule has 2 amide bonds. The van der Waals surface area contributed by atoms with Crippen molar-refractivity contribution in [1.82, 2.24) is 5.32 Å². The van der Waals surface area contributed by atoms with Crippen molar-refractivity contribution >= 4 is 17.5 Å². The maximum atomic E-state index is 12.5. The molecule has 0 saturated heterocycles. The van der Waals surface area contributed by atoms with Gasteiger partial charge in [0, 0.05) is 23.7 Å². The van der Waals surface area contributed by atoms with Crippen LogP contribution >= 0.6 is 0 Å². The molecule has 0 bridgehead atoms. The lowest BCUT2D eigenvalue weighted by atomic mass is 9.95. The number of rotatable bonds is 7. The molecule has 5 heteroatoms. The molecule has 0 unspecified atom stereocenters. The molecule has 1 fully saturated rings. The van der Waals surface area contributed by atoms with Crippen LogP contribution in [0.4, 0.5) is 5.69 Å². The first-order chi connectivity index (χ1) is 14.1. The van der Waals surface area contributed by atoms with Crippen molar-refractivity contribution in [2.75, 3.05) is 12.4 Å². The van der Waals surface area contributed by atoms with Gasteiger partial charge in [0.1, 0.15) is 5.75 Å². The van der Waals surface area contributed by atoms with Crippen LogP contribution in [-0.2, 0) is 11.2 Å². The van der Waals surface area contributed by atoms with Gasteiger partial charge in [-0.25, -0.2) is 0 Å². The Kier molecular flexibility index (Phi) is 7.28. The average Bonchev–Trinajstić information content (AvgIpc) is 2.74. The van der Waals surface area contributed by atoms with Gasteiger partial charge in [-0.05, 0) is 61.6 Å². The second-order valence-corrected chi connectivity index (χ2v) is 7.70. The number of anilines is 1. The molecular weight excluding hydrogens is 364 g/mol. The second kappa shape index (κ2) is 10.1. The van der Waals surface area contributed by atoms with E-state index in [9.17, 15) is 9.59 Å². The summed E-state index contributed by atoms with van der Waals surface area (Å²) in [7, 11) is 1.63. The highest BCUT2D eigenvalue weighted by Crippen LogP contribution is 2.21. The number of carbonyl (C=O) groups excluding carboxylic acids is 2. The Morgan fingerprint density at radius 2 is 1.83 bits per heavy atom. The monoisotopic (exact) mass is 394 g/mol. The molecule has 1 aliphatic rings. The van der Waals surface area contributed by atoms with Crippen molar-refractivity contribution in [2.45, 2.75) is 57.9 Å². The van der Waals surface area contributed by atoms with Crippen LogP contribution in [-0.4, -0.2) is 25.0 Å². The van der Waals surface area contributed by atoms with Crippen molar-refractivity contribution in [2.24, 2.45) is 0 Å². The van der Waals surface area contributed by atoms with Gasteiger partial charge in [0.05, 0.1) is 7.11 Å². The van der Waals surface area contributed by atoms with Gasteiger partial charge in [-0.2, -0.15) is 0 Å². The number of ether oxygens (including phenoxy) is 1. The average molecular weight is 395 g/mol. The molecule has 2 N–H and O–H groups in total. The minimum Gasteiger partial charge on any atom is -0.496 e. The van der Waals surface area contributed by atoms with Crippen LogP contribution in [0.25, 0.3) is 0 Å². The van der Waals surface area contributed by atoms with Crippen molar-refractivity contribution in [1.29, 1.82) is 0 Å². The summed E-state index contributed by atoms with van der Waals surface area (Å²) in [6, 6.07) is 13.4. The van der Waals surface area contributed by atoms with Gasteiger partial charge < -0.3 is 15.4 Å². The van der Waals surface area contributed by atoms with Gasteiger partial charge in [0.15, 0.2) is 0 Å². The molecule has 1 saturated carbocycles. The Morgan fingerprint density at radius 1 is 1.07 bits per heavy atom. The number of methoxy groups -OCH3 is 1. The maximum Gasteiger partial charge on any atom is 0.251 e. The van der Waals surface area contributed by atoms with Gasteiger partial charge in [-0.1, -0.05) is 37.5 Å². The minimum atomic E-state index is -0.0570. The first-order valence-electron chi connectivity index (χ1n) is 10.4. The van der Waals surface area contributed by atoms with Gasteiger partial charge in [0.2, 0.25) is 5.91 Å².